The Kier molecular flexibility index (Phi) is 8.92. The van der Waals surface area contributed by atoms with Crippen LogP contribution in [-0.4, -0.2) is 50.5 Å². The number of aliphatic hydroxyl groups is 1. The summed E-state index contributed by atoms with van der Waals surface area (Å²) in [5, 5.41) is 16.7. The molecule has 1 atom stereocenters. The Morgan fingerprint density at radius 2 is 1.93 bits per heavy atom. The second-order valence-corrected chi connectivity index (χ2v) is 6.99. The van der Waals surface area contributed by atoms with Crippen LogP contribution >= 0.6 is 0 Å². The van der Waals surface area contributed by atoms with Crippen LogP contribution in [0.1, 0.15) is 44.8 Å². The number of halogens is 2. The van der Waals surface area contributed by atoms with Gasteiger partial charge in [0.25, 0.3) is 0 Å². The number of nitrogens with zero attached hydrogens (tertiary/aromatic N) is 1. The van der Waals surface area contributed by atoms with Gasteiger partial charge in [-0.15, -0.1) is 0 Å². The Labute approximate surface area is 165 Å². The number of nitrogens with one attached hydrogen (secondary N) is 2. The SMILES string of the molecule is CCNC(=NCC1(CCOCC)CC1)NCC(O)c1ccc(OC(F)F)cc1. The van der Waals surface area contributed by atoms with E-state index in [-0.39, 0.29) is 17.7 Å². The largest absolute Gasteiger partial charge is 0.435 e. The predicted molar refractivity (Wildman–Crippen MR) is 105 cm³/mol. The van der Waals surface area contributed by atoms with Gasteiger partial charge < -0.3 is 25.2 Å². The Hall–Kier alpha value is -1.93. The molecule has 1 unspecified atom stereocenters. The van der Waals surface area contributed by atoms with Crippen LogP contribution < -0.4 is 15.4 Å². The van der Waals surface area contributed by atoms with Crippen molar-refractivity contribution in [3.8, 4) is 5.75 Å². The standard InChI is InChI=1S/C20H31F2N3O3/c1-3-23-19(25-14-20(9-10-20)11-12-27-4-2)24-13-17(26)15-5-7-16(8-6-15)28-18(21)22/h5-8,17-18,26H,3-4,9-14H2,1-2H3,(H2,23,24,25). The van der Waals surface area contributed by atoms with Gasteiger partial charge in [0, 0.05) is 32.8 Å². The molecule has 1 aromatic carbocycles. The van der Waals surface area contributed by atoms with Crippen molar-refractivity contribution in [1.82, 2.24) is 10.6 Å². The molecule has 1 fully saturated rings. The lowest BCUT2D eigenvalue weighted by molar-refractivity contribution is -0.0498. The molecule has 1 saturated carbocycles. The molecule has 0 spiro atoms. The summed E-state index contributed by atoms with van der Waals surface area (Å²) in [5.74, 6) is 0.720. The highest BCUT2D eigenvalue weighted by Crippen LogP contribution is 2.49. The van der Waals surface area contributed by atoms with Gasteiger partial charge in [-0.05, 0) is 56.2 Å². The average molecular weight is 399 g/mol. The van der Waals surface area contributed by atoms with E-state index in [4.69, 9.17) is 4.74 Å². The summed E-state index contributed by atoms with van der Waals surface area (Å²) < 4.78 is 34.2. The van der Waals surface area contributed by atoms with Gasteiger partial charge in [0.2, 0.25) is 0 Å². The van der Waals surface area contributed by atoms with Crippen molar-refractivity contribution in [3.63, 3.8) is 0 Å². The molecule has 0 radical (unpaired) electrons. The molecule has 158 valence electrons. The Morgan fingerprint density at radius 1 is 1.21 bits per heavy atom. The van der Waals surface area contributed by atoms with Crippen LogP contribution in [0.15, 0.2) is 29.3 Å². The third kappa shape index (κ3) is 7.59. The van der Waals surface area contributed by atoms with Crippen molar-refractivity contribution < 1.29 is 23.4 Å². The van der Waals surface area contributed by atoms with E-state index in [0.29, 0.717) is 18.1 Å². The Morgan fingerprint density at radius 3 is 2.50 bits per heavy atom. The Balaban J connectivity index is 1.84. The molecular weight excluding hydrogens is 368 g/mol. The zero-order valence-corrected chi connectivity index (χ0v) is 16.6. The van der Waals surface area contributed by atoms with E-state index in [1.807, 2.05) is 13.8 Å². The van der Waals surface area contributed by atoms with Crippen LogP contribution in [0.2, 0.25) is 0 Å². The quantitative estimate of drug-likeness (QED) is 0.286. The molecule has 1 aliphatic rings. The van der Waals surface area contributed by atoms with Gasteiger partial charge in [-0.1, -0.05) is 12.1 Å². The third-order valence-electron chi connectivity index (χ3n) is 4.81. The van der Waals surface area contributed by atoms with Crippen molar-refractivity contribution in [1.29, 1.82) is 0 Å². The second-order valence-electron chi connectivity index (χ2n) is 6.99. The topological polar surface area (TPSA) is 75.1 Å². The van der Waals surface area contributed by atoms with Crippen molar-refractivity contribution in [2.45, 2.75) is 45.8 Å². The number of rotatable bonds is 12. The average Bonchev–Trinajstić information content (AvgIpc) is 3.44. The monoisotopic (exact) mass is 399 g/mol. The number of guanidine groups is 1. The minimum absolute atomic E-state index is 0.0654. The number of hydrogen-bond donors (Lipinski definition) is 3. The minimum Gasteiger partial charge on any atom is -0.435 e. The summed E-state index contributed by atoms with van der Waals surface area (Å²) in [6, 6.07) is 5.97. The molecule has 0 bridgehead atoms. The van der Waals surface area contributed by atoms with Gasteiger partial charge in [-0.2, -0.15) is 8.78 Å². The van der Waals surface area contributed by atoms with E-state index in [1.54, 1.807) is 12.1 Å². The van der Waals surface area contributed by atoms with Crippen LogP contribution in [0.5, 0.6) is 5.75 Å². The molecule has 2 rings (SSSR count). The van der Waals surface area contributed by atoms with Crippen molar-refractivity contribution >= 4 is 5.96 Å². The maximum Gasteiger partial charge on any atom is 0.387 e. The lowest BCUT2D eigenvalue weighted by Crippen LogP contribution is -2.39. The maximum absolute atomic E-state index is 12.2. The zero-order chi connectivity index (χ0) is 20.4. The number of ether oxygens (including phenoxy) is 2. The fourth-order valence-electron chi connectivity index (χ4n) is 2.87. The first-order valence-corrected chi connectivity index (χ1v) is 9.81. The molecule has 0 heterocycles. The van der Waals surface area contributed by atoms with Crippen LogP contribution in [0.3, 0.4) is 0 Å². The smallest absolute Gasteiger partial charge is 0.387 e. The highest BCUT2D eigenvalue weighted by molar-refractivity contribution is 5.79. The highest BCUT2D eigenvalue weighted by Gasteiger charge is 2.41. The summed E-state index contributed by atoms with van der Waals surface area (Å²) in [6.07, 6.45) is 2.55. The molecule has 6 nitrogen and oxygen atoms in total. The summed E-state index contributed by atoms with van der Waals surface area (Å²) >= 11 is 0. The molecule has 3 N–H and O–H groups in total. The molecule has 28 heavy (non-hydrogen) atoms. The van der Waals surface area contributed by atoms with Crippen molar-refractivity contribution in [3.05, 3.63) is 29.8 Å². The van der Waals surface area contributed by atoms with Gasteiger partial charge in [0.1, 0.15) is 5.75 Å². The molecule has 0 saturated heterocycles. The fraction of sp³-hybridized carbons (Fsp3) is 0.650. The van der Waals surface area contributed by atoms with Gasteiger partial charge in [-0.3, -0.25) is 4.99 Å². The predicted octanol–water partition coefficient (Wildman–Crippen LogP) is 3.08. The van der Waals surface area contributed by atoms with E-state index >= 15 is 0 Å². The maximum atomic E-state index is 12.2. The first-order valence-electron chi connectivity index (χ1n) is 9.81. The normalized spacial score (nSPS) is 16.7. The van der Waals surface area contributed by atoms with Crippen LogP contribution in [0, 0.1) is 5.41 Å². The number of hydrogen-bond acceptors (Lipinski definition) is 4. The zero-order valence-electron chi connectivity index (χ0n) is 16.6. The molecule has 0 amide bonds. The van der Waals surface area contributed by atoms with Crippen LogP contribution in [0.4, 0.5) is 8.78 Å². The van der Waals surface area contributed by atoms with Crippen molar-refractivity contribution in [2.75, 3.05) is 32.8 Å². The van der Waals surface area contributed by atoms with Crippen LogP contribution in [0.25, 0.3) is 0 Å². The molecule has 8 heteroatoms. The van der Waals surface area contributed by atoms with E-state index in [9.17, 15) is 13.9 Å². The van der Waals surface area contributed by atoms with Crippen LogP contribution in [-0.2, 0) is 4.74 Å². The number of benzene rings is 1. The number of aliphatic imine (C=N–C) groups is 1. The summed E-state index contributed by atoms with van der Waals surface area (Å²) in [7, 11) is 0. The molecular formula is C20H31F2N3O3. The molecule has 1 aromatic rings. The first kappa shape index (κ1) is 22.4. The molecule has 1 aliphatic carbocycles. The van der Waals surface area contributed by atoms with Gasteiger partial charge >= 0.3 is 6.61 Å². The minimum atomic E-state index is -2.86. The number of aliphatic hydroxyl groups excluding tert-OH is 1. The summed E-state index contributed by atoms with van der Waals surface area (Å²) in [6.45, 7) is 4.31. The van der Waals surface area contributed by atoms with Gasteiger partial charge in [0.15, 0.2) is 5.96 Å². The lowest BCUT2D eigenvalue weighted by atomic mass is 10.0. The number of alkyl halides is 2. The van der Waals surface area contributed by atoms with Gasteiger partial charge in [-0.25, -0.2) is 0 Å². The summed E-state index contributed by atoms with van der Waals surface area (Å²) in [4.78, 5) is 4.66. The molecule has 0 aromatic heterocycles. The molecule has 0 aliphatic heterocycles. The van der Waals surface area contributed by atoms with E-state index < -0.39 is 12.7 Å². The Bertz CT molecular complexity index is 607. The van der Waals surface area contributed by atoms with E-state index in [1.165, 1.54) is 25.0 Å². The van der Waals surface area contributed by atoms with E-state index in [2.05, 4.69) is 20.4 Å². The fourth-order valence-corrected chi connectivity index (χ4v) is 2.87. The lowest BCUT2D eigenvalue weighted by Gasteiger charge is -2.17. The van der Waals surface area contributed by atoms with E-state index in [0.717, 1.165) is 26.2 Å². The first-order chi connectivity index (χ1) is 13.5. The second kappa shape index (κ2) is 11.2. The van der Waals surface area contributed by atoms with Gasteiger partial charge in [0.05, 0.1) is 6.10 Å². The summed E-state index contributed by atoms with van der Waals surface area (Å²) in [5.41, 5.74) is 0.858. The van der Waals surface area contributed by atoms with Crippen molar-refractivity contribution in [2.24, 2.45) is 10.4 Å². The highest BCUT2D eigenvalue weighted by atomic mass is 19.3. The third-order valence-corrected chi connectivity index (χ3v) is 4.81.